The highest BCUT2D eigenvalue weighted by Gasteiger charge is 2.18. The van der Waals surface area contributed by atoms with Gasteiger partial charge in [0.05, 0.1) is 6.04 Å². The maximum absolute atomic E-state index is 6.15. The molecule has 0 bridgehead atoms. The van der Waals surface area contributed by atoms with Gasteiger partial charge in [0.25, 0.3) is 0 Å². The van der Waals surface area contributed by atoms with Crippen molar-refractivity contribution in [1.82, 2.24) is 5.32 Å². The molecule has 0 aromatic heterocycles. The zero-order valence-electron chi connectivity index (χ0n) is 10.6. The van der Waals surface area contributed by atoms with Crippen LogP contribution in [0.3, 0.4) is 0 Å². The minimum atomic E-state index is 0.347. The molecule has 92 valence electrons. The maximum atomic E-state index is 6.15. The van der Waals surface area contributed by atoms with Gasteiger partial charge in [-0.1, -0.05) is 36.2 Å². The Morgan fingerprint density at radius 1 is 1.35 bits per heavy atom. The molecule has 0 radical (unpaired) electrons. The Morgan fingerprint density at radius 2 is 2.18 bits per heavy atom. The summed E-state index contributed by atoms with van der Waals surface area (Å²) in [6, 6.07) is 6.68. The molecule has 0 saturated heterocycles. The van der Waals surface area contributed by atoms with Crippen LogP contribution in [0.5, 0.6) is 0 Å². The Labute approximate surface area is 109 Å². The highest BCUT2D eigenvalue weighted by atomic mass is 35.5. The summed E-state index contributed by atoms with van der Waals surface area (Å²) >= 11 is 6.15. The van der Waals surface area contributed by atoms with E-state index in [2.05, 4.69) is 37.4 Å². The topological polar surface area (TPSA) is 12.0 Å². The lowest BCUT2D eigenvalue weighted by atomic mass is 9.96. The van der Waals surface area contributed by atoms with Crippen LogP contribution in [0, 0.1) is 6.92 Å². The van der Waals surface area contributed by atoms with Gasteiger partial charge in [-0.3, -0.25) is 0 Å². The predicted molar refractivity (Wildman–Crippen MR) is 74.5 cm³/mol. The summed E-state index contributed by atoms with van der Waals surface area (Å²) in [6.45, 7) is 5.23. The molecule has 0 spiro atoms. The molecule has 1 N–H and O–H groups in total. The van der Waals surface area contributed by atoms with Crippen LogP contribution in [0.1, 0.15) is 43.4 Å². The van der Waals surface area contributed by atoms with E-state index in [1.807, 2.05) is 6.07 Å². The van der Waals surface area contributed by atoms with Crippen molar-refractivity contribution in [3.8, 4) is 0 Å². The van der Waals surface area contributed by atoms with Crippen molar-refractivity contribution in [2.24, 2.45) is 0 Å². The van der Waals surface area contributed by atoms with Gasteiger partial charge >= 0.3 is 0 Å². The fourth-order valence-corrected chi connectivity index (χ4v) is 2.85. The Hall–Kier alpha value is -0.790. The van der Waals surface area contributed by atoms with Gasteiger partial charge in [0.15, 0.2) is 0 Å². The highest BCUT2D eigenvalue weighted by Crippen LogP contribution is 2.32. The lowest BCUT2D eigenvalue weighted by molar-refractivity contribution is 0.605. The van der Waals surface area contributed by atoms with Crippen LogP contribution in [0.25, 0.3) is 0 Å². The molecule has 1 aliphatic rings. The molecule has 2 heteroatoms. The zero-order valence-corrected chi connectivity index (χ0v) is 11.3. The number of likely N-dealkylation sites (N-methyl/N-ethyl adjacent to an activating group) is 1. The van der Waals surface area contributed by atoms with Crippen molar-refractivity contribution in [3.05, 3.63) is 46.0 Å². The van der Waals surface area contributed by atoms with Gasteiger partial charge in [0, 0.05) is 5.02 Å². The number of allylic oxidation sites excluding steroid dienone is 1. The third kappa shape index (κ3) is 3.11. The predicted octanol–water partition coefficient (Wildman–Crippen LogP) is 4.41. The van der Waals surface area contributed by atoms with Crippen LogP contribution in [0.2, 0.25) is 5.02 Å². The summed E-state index contributed by atoms with van der Waals surface area (Å²) in [5.41, 5.74) is 4.05. The molecule has 0 amide bonds. The van der Waals surface area contributed by atoms with E-state index in [1.165, 1.54) is 36.0 Å². The first-order valence-corrected chi connectivity index (χ1v) is 6.78. The van der Waals surface area contributed by atoms with E-state index < -0.39 is 0 Å². The quantitative estimate of drug-likeness (QED) is 0.780. The van der Waals surface area contributed by atoms with E-state index in [-0.39, 0.29) is 0 Å². The van der Waals surface area contributed by atoms with Gasteiger partial charge in [-0.2, -0.15) is 0 Å². The van der Waals surface area contributed by atoms with Gasteiger partial charge in [-0.05, 0) is 56.0 Å². The molecule has 0 aliphatic heterocycles. The minimum absolute atomic E-state index is 0.347. The maximum Gasteiger partial charge on any atom is 0.0536 e. The van der Waals surface area contributed by atoms with Gasteiger partial charge in [0.1, 0.15) is 0 Å². The van der Waals surface area contributed by atoms with Crippen molar-refractivity contribution in [1.29, 1.82) is 0 Å². The Balaban J connectivity index is 2.31. The first kappa shape index (κ1) is 12.7. The molecule has 1 unspecified atom stereocenters. The molecule has 1 aromatic carbocycles. The van der Waals surface area contributed by atoms with Crippen molar-refractivity contribution in [2.45, 2.75) is 39.2 Å². The fraction of sp³-hybridized carbons (Fsp3) is 0.467. The zero-order chi connectivity index (χ0) is 12.3. The summed E-state index contributed by atoms with van der Waals surface area (Å²) in [6.07, 6.45) is 6.10. The van der Waals surface area contributed by atoms with E-state index in [9.17, 15) is 0 Å². The molecule has 1 nitrogen and oxygen atoms in total. The largest absolute Gasteiger partial charge is 0.307 e. The standard InChI is InChI=1S/C15H20ClN/c1-3-17-15(12-6-4-5-7-12)13-8-11(2)9-14(16)10-13/h6,8-10,15,17H,3-5,7H2,1-2H3. The lowest BCUT2D eigenvalue weighted by Crippen LogP contribution is -2.22. The summed E-state index contributed by atoms with van der Waals surface area (Å²) in [5, 5.41) is 4.40. The summed E-state index contributed by atoms with van der Waals surface area (Å²) < 4.78 is 0. The lowest BCUT2D eigenvalue weighted by Gasteiger charge is -2.20. The Kier molecular flexibility index (Phi) is 4.25. The second kappa shape index (κ2) is 5.70. The third-order valence-electron chi connectivity index (χ3n) is 3.25. The molecular weight excluding hydrogens is 230 g/mol. The van der Waals surface area contributed by atoms with Crippen LogP contribution in [-0.4, -0.2) is 6.54 Å². The van der Waals surface area contributed by atoms with Crippen LogP contribution in [0.4, 0.5) is 0 Å². The number of halogens is 1. The minimum Gasteiger partial charge on any atom is -0.307 e. The molecule has 1 aliphatic carbocycles. The average Bonchev–Trinajstić information content (AvgIpc) is 2.77. The molecule has 0 heterocycles. The summed E-state index contributed by atoms with van der Waals surface area (Å²) in [4.78, 5) is 0. The van der Waals surface area contributed by atoms with E-state index in [0.29, 0.717) is 6.04 Å². The van der Waals surface area contributed by atoms with Crippen molar-refractivity contribution >= 4 is 11.6 Å². The number of nitrogens with one attached hydrogen (secondary N) is 1. The van der Waals surface area contributed by atoms with Crippen molar-refractivity contribution in [3.63, 3.8) is 0 Å². The molecule has 1 aromatic rings. The first-order valence-electron chi connectivity index (χ1n) is 6.40. The van der Waals surface area contributed by atoms with Crippen LogP contribution in [-0.2, 0) is 0 Å². The van der Waals surface area contributed by atoms with Gasteiger partial charge < -0.3 is 5.32 Å². The van der Waals surface area contributed by atoms with Crippen molar-refractivity contribution in [2.75, 3.05) is 6.54 Å². The number of benzene rings is 1. The van der Waals surface area contributed by atoms with Crippen LogP contribution in [0.15, 0.2) is 29.8 Å². The first-order chi connectivity index (χ1) is 8.20. The van der Waals surface area contributed by atoms with E-state index in [1.54, 1.807) is 0 Å². The molecule has 0 saturated carbocycles. The van der Waals surface area contributed by atoms with E-state index in [0.717, 1.165) is 11.6 Å². The van der Waals surface area contributed by atoms with Crippen molar-refractivity contribution < 1.29 is 0 Å². The van der Waals surface area contributed by atoms with Gasteiger partial charge in [-0.25, -0.2) is 0 Å². The smallest absolute Gasteiger partial charge is 0.0536 e. The number of hydrogen-bond donors (Lipinski definition) is 1. The molecule has 17 heavy (non-hydrogen) atoms. The highest BCUT2D eigenvalue weighted by molar-refractivity contribution is 6.30. The molecular formula is C15H20ClN. The van der Waals surface area contributed by atoms with Crippen LogP contribution >= 0.6 is 11.6 Å². The number of hydrogen-bond acceptors (Lipinski definition) is 1. The summed E-state index contributed by atoms with van der Waals surface area (Å²) in [7, 11) is 0. The van der Waals surface area contributed by atoms with E-state index >= 15 is 0 Å². The molecule has 2 rings (SSSR count). The number of aryl methyl sites for hydroxylation is 1. The third-order valence-corrected chi connectivity index (χ3v) is 3.47. The van der Waals surface area contributed by atoms with Crippen LogP contribution < -0.4 is 5.32 Å². The fourth-order valence-electron chi connectivity index (χ4n) is 2.56. The van der Waals surface area contributed by atoms with Gasteiger partial charge in [0.2, 0.25) is 0 Å². The Morgan fingerprint density at radius 3 is 2.76 bits per heavy atom. The monoisotopic (exact) mass is 249 g/mol. The molecule has 0 fully saturated rings. The van der Waals surface area contributed by atoms with Gasteiger partial charge in [-0.15, -0.1) is 0 Å². The average molecular weight is 250 g/mol. The SMILES string of the molecule is CCNC(C1=CCCC1)c1cc(C)cc(Cl)c1. The molecule has 1 atom stereocenters. The number of rotatable bonds is 4. The second-order valence-corrected chi connectivity index (χ2v) is 5.16. The summed E-state index contributed by atoms with van der Waals surface area (Å²) in [5.74, 6) is 0. The second-order valence-electron chi connectivity index (χ2n) is 4.72. The Bertz CT molecular complexity index is 403. The van der Waals surface area contributed by atoms with E-state index in [4.69, 9.17) is 11.6 Å². The normalized spacial score (nSPS) is 17.0.